The normalized spacial score (nSPS) is 10.7. The van der Waals surface area contributed by atoms with E-state index < -0.39 is 0 Å². The van der Waals surface area contributed by atoms with Crippen molar-refractivity contribution in [2.75, 3.05) is 0 Å². The van der Waals surface area contributed by atoms with Crippen LogP contribution in [0.4, 0.5) is 0 Å². The molecule has 0 unspecified atom stereocenters. The zero-order valence-corrected chi connectivity index (χ0v) is 22.0. The summed E-state index contributed by atoms with van der Waals surface area (Å²) in [5, 5.41) is 18.1. The van der Waals surface area contributed by atoms with Crippen molar-refractivity contribution in [1.82, 2.24) is 0 Å². The van der Waals surface area contributed by atoms with Crippen LogP contribution in [0.3, 0.4) is 0 Å². The first kappa shape index (κ1) is 22.7. The Balaban J connectivity index is 1.21. The maximum absolute atomic E-state index is 9.03. The fraction of sp³-hybridized carbons (Fsp3) is 0. The molecule has 6 heteroatoms. The summed E-state index contributed by atoms with van der Waals surface area (Å²) in [5.74, 6) is 0. The van der Waals surface area contributed by atoms with Crippen molar-refractivity contribution in [3.05, 3.63) is 108 Å². The van der Waals surface area contributed by atoms with E-state index in [0.29, 0.717) is 11.1 Å². The van der Waals surface area contributed by atoms with E-state index in [9.17, 15) is 0 Å². The van der Waals surface area contributed by atoms with Gasteiger partial charge in [0.05, 0.1) is 23.3 Å². The molecule has 4 aromatic heterocycles. The predicted molar refractivity (Wildman–Crippen MR) is 155 cm³/mol. The molecule has 0 fully saturated rings. The topological polar surface area (TPSA) is 47.6 Å². The second kappa shape index (κ2) is 9.70. The van der Waals surface area contributed by atoms with Crippen molar-refractivity contribution in [1.29, 1.82) is 10.5 Å². The van der Waals surface area contributed by atoms with Gasteiger partial charge in [-0.05, 0) is 83.9 Å². The third kappa shape index (κ3) is 4.44. The molecule has 0 atom stereocenters. The quantitative estimate of drug-likeness (QED) is 0.222. The van der Waals surface area contributed by atoms with Gasteiger partial charge in [-0.1, -0.05) is 24.3 Å². The first-order valence-electron chi connectivity index (χ1n) is 11.1. The van der Waals surface area contributed by atoms with Crippen LogP contribution >= 0.6 is 45.3 Å². The van der Waals surface area contributed by atoms with Crippen LogP contribution in [-0.2, 0) is 0 Å². The minimum Gasteiger partial charge on any atom is -0.192 e. The van der Waals surface area contributed by atoms with E-state index in [1.54, 1.807) is 22.7 Å². The lowest BCUT2D eigenvalue weighted by molar-refractivity contribution is 1.49. The molecule has 0 aliphatic heterocycles. The highest BCUT2D eigenvalue weighted by atomic mass is 32.1. The fourth-order valence-electron chi connectivity index (χ4n) is 3.87. The van der Waals surface area contributed by atoms with Crippen LogP contribution < -0.4 is 0 Å². The van der Waals surface area contributed by atoms with E-state index in [1.807, 2.05) is 71.2 Å². The molecule has 0 aliphatic carbocycles. The molecule has 0 amide bonds. The van der Waals surface area contributed by atoms with Gasteiger partial charge in [-0.3, -0.25) is 0 Å². The number of hydrogen-bond acceptors (Lipinski definition) is 6. The van der Waals surface area contributed by atoms with Gasteiger partial charge in [0, 0.05) is 39.0 Å². The van der Waals surface area contributed by atoms with E-state index in [2.05, 4.69) is 60.7 Å². The summed E-state index contributed by atoms with van der Waals surface area (Å²) >= 11 is 7.21. The number of hydrogen-bond donors (Lipinski definition) is 0. The van der Waals surface area contributed by atoms with Crippen molar-refractivity contribution in [2.45, 2.75) is 0 Å². The van der Waals surface area contributed by atoms with Crippen molar-refractivity contribution in [2.24, 2.45) is 0 Å². The number of rotatable bonds is 5. The van der Waals surface area contributed by atoms with Crippen LogP contribution in [0.2, 0.25) is 0 Å². The average Bonchev–Trinajstić information content (AvgIpc) is 3.74. The van der Waals surface area contributed by atoms with Crippen LogP contribution in [0.5, 0.6) is 0 Å². The molecule has 0 aliphatic rings. The average molecular weight is 533 g/mol. The van der Waals surface area contributed by atoms with E-state index in [1.165, 1.54) is 39.0 Å². The minimum atomic E-state index is 0.682. The van der Waals surface area contributed by atoms with Crippen molar-refractivity contribution >= 4 is 45.3 Å². The molecule has 0 N–H and O–H groups in total. The molecule has 0 bridgehead atoms. The third-order valence-corrected chi connectivity index (χ3v) is 10.8. The Bertz CT molecular complexity index is 1610. The van der Waals surface area contributed by atoms with E-state index >= 15 is 0 Å². The van der Waals surface area contributed by atoms with Crippen LogP contribution in [0, 0.1) is 22.7 Å². The molecule has 6 rings (SSSR count). The van der Waals surface area contributed by atoms with E-state index in [0.717, 1.165) is 11.1 Å². The van der Waals surface area contributed by atoms with Gasteiger partial charge in [0.15, 0.2) is 0 Å². The molecule has 2 aromatic carbocycles. The first-order chi connectivity index (χ1) is 17.7. The molecule has 0 saturated heterocycles. The van der Waals surface area contributed by atoms with Crippen LogP contribution in [0.15, 0.2) is 97.1 Å². The Morgan fingerprint density at radius 2 is 0.583 bits per heavy atom. The van der Waals surface area contributed by atoms with Gasteiger partial charge in [-0.2, -0.15) is 10.5 Å². The van der Waals surface area contributed by atoms with Gasteiger partial charge in [0.2, 0.25) is 0 Å². The van der Waals surface area contributed by atoms with Crippen LogP contribution in [0.1, 0.15) is 11.1 Å². The maximum Gasteiger partial charge on any atom is 0.0991 e. The minimum absolute atomic E-state index is 0.682. The molecule has 36 heavy (non-hydrogen) atoms. The monoisotopic (exact) mass is 532 g/mol. The molecule has 170 valence electrons. The van der Waals surface area contributed by atoms with Gasteiger partial charge >= 0.3 is 0 Å². The zero-order valence-electron chi connectivity index (χ0n) is 18.8. The van der Waals surface area contributed by atoms with Crippen LogP contribution in [-0.4, -0.2) is 0 Å². The molecular formula is C30H16N2S4. The zero-order chi connectivity index (χ0) is 24.5. The van der Waals surface area contributed by atoms with Gasteiger partial charge in [0.25, 0.3) is 0 Å². The second-order valence-electron chi connectivity index (χ2n) is 8.03. The van der Waals surface area contributed by atoms with Gasteiger partial charge in [0.1, 0.15) is 0 Å². The van der Waals surface area contributed by atoms with E-state index in [-0.39, 0.29) is 0 Å². The summed E-state index contributed by atoms with van der Waals surface area (Å²) < 4.78 is 0. The van der Waals surface area contributed by atoms with E-state index in [4.69, 9.17) is 10.5 Å². The maximum atomic E-state index is 9.03. The van der Waals surface area contributed by atoms with Crippen molar-refractivity contribution < 1.29 is 0 Å². The Hall–Kier alpha value is -3.78. The van der Waals surface area contributed by atoms with Gasteiger partial charge < -0.3 is 0 Å². The molecule has 0 radical (unpaired) electrons. The largest absolute Gasteiger partial charge is 0.192 e. The number of nitriles is 2. The summed E-state index contributed by atoms with van der Waals surface area (Å²) in [6, 6.07) is 37.4. The molecular weight excluding hydrogens is 517 g/mol. The first-order valence-corrected chi connectivity index (χ1v) is 14.4. The Morgan fingerprint density at radius 3 is 0.861 bits per heavy atom. The van der Waals surface area contributed by atoms with Gasteiger partial charge in [-0.15, -0.1) is 45.3 Å². The fourth-order valence-corrected chi connectivity index (χ4v) is 8.18. The smallest absolute Gasteiger partial charge is 0.0991 e. The van der Waals surface area contributed by atoms with Crippen LogP contribution in [0.25, 0.3) is 50.1 Å². The van der Waals surface area contributed by atoms with Crippen molar-refractivity contribution in [3.63, 3.8) is 0 Å². The second-order valence-corrected chi connectivity index (χ2v) is 12.4. The molecule has 2 nitrogen and oxygen atoms in total. The number of nitrogens with zero attached hydrogens (tertiary/aromatic N) is 2. The SMILES string of the molecule is N#Cc1ccc(-c2ccc(-c3ccc(-c4ccc(-c5ccc(-c6ccc(C#N)cc6)s5)s4)s3)s2)cc1. The lowest BCUT2D eigenvalue weighted by Gasteiger charge is -1.97. The summed E-state index contributed by atoms with van der Waals surface area (Å²) in [4.78, 5) is 10.0. The third-order valence-electron chi connectivity index (χ3n) is 5.75. The molecule has 0 spiro atoms. The summed E-state index contributed by atoms with van der Waals surface area (Å²) in [5.41, 5.74) is 3.64. The summed E-state index contributed by atoms with van der Waals surface area (Å²) in [7, 11) is 0. The Labute approximate surface area is 225 Å². The van der Waals surface area contributed by atoms with Crippen molar-refractivity contribution in [3.8, 4) is 62.3 Å². The highest BCUT2D eigenvalue weighted by molar-refractivity contribution is 7.29. The number of thiophene rings is 4. The molecule has 4 heterocycles. The lowest BCUT2D eigenvalue weighted by atomic mass is 10.1. The summed E-state index contributed by atoms with van der Waals surface area (Å²) in [6.45, 7) is 0. The summed E-state index contributed by atoms with van der Waals surface area (Å²) in [6.07, 6.45) is 0. The highest BCUT2D eigenvalue weighted by Crippen LogP contribution is 2.44. The van der Waals surface area contributed by atoms with Gasteiger partial charge in [-0.25, -0.2) is 0 Å². The number of benzene rings is 2. The molecule has 0 saturated carbocycles. The molecule has 6 aromatic rings. The Kier molecular flexibility index (Phi) is 6.11. The highest BCUT2D eigenvalue weighted by Gasteiger charge is 2.13. The predicted octanol–water partition coefficient (Wildman–Crippen LogP) is 10.0. The lowest BCUT2D eigenvalue weighted by Crippen LogP contribution is -1.74. The Morgan fingerprint density at radius 1 is 0.333 bits per heavy atom. The standard InChI is InChI=1S/C30H16N2S4/c31-17-19-1-5-21(6-2-19)23-9-11-25(33-23)27-13-15-29(35-27)30-16-14-28(36-30)26-12-10-24(34-26)22-7-3-20(18-32)4-8-22/h1-16H.